The highest BCUT2D eigenvalue weighted by Gasteiger charge is 2.30. The third-order valence-corrected chi connectivity index (χ3v) is 5.08. The molecule has 2 heteroatoms. The topological polar surface area (TPSA) is 19.0 Å². The minimum Gasteiger partial charge on any atom is -0.361 e. The van der Waals surface area contributed by atoms with Gasteiger partial charge in [0.2, 0.25) is 0 Å². The van der Waals surface area contributed by atoms with E-state index in [2.05, 4.69) is 55.1 Å². The molecule has 1 heterocycles. The van der Waals surface area contributed by atoms with Crippen molar-refractivity contribution in [3.63, 3.8) is 0 Å². The van der Waals surface area contributed by atoms with Crippen LogP contribution in [0.1, 0.15) is 57.1 Å². The molecule has 0 saturated heterocycles. The van der Waals surface area contributed by atoms with Gasteiger partial charge in [-0.25, -0.2) is 0 Å². The van der Waals surface area contributed by atoms with Crippen molar-refractivity contribution in [2.24, 2.45) is 0 Å². The van der Waals surface area contributed by atoms with Gasteiger partial charge in [0.1, 0.15) is 0 Å². The standard InChI is InChI=1S/C19H28N2/c1-4-10-21(11-5-2)19-7-6-15-13-18-16(8-9-20-18)12-17(15)14(19)3/h8-9,12-14,19-20H,4-7,10-11H2,1-3H3/t14-,19+/m1/s1. The summed E-state index contributed by atoms with van der Waals surface area (Å²) >= 11 is 0. The lowest BCUT2D eigenvalue weighted by Crippen LogP contribution is -2.42. The fourth-order valence-corrected chi connectivity index (χ4v) is 4.08. The summed E-state index contributed by atoms with van der Waals surface area (Å²) < 4.78 is 0. The van der Waals surface area contributed by atoms with Gasteiger partial charge in [0.15, 0.2) is 0 Å². The molecule has 3 rings (SSSR count). The molecule has 0 amide bonds. The minimum atomic E-state index is 0.645. The molecule has 0 radical (unpaired) electrons. The minimum absolute atomic E-state index is 0.645. The van der Waals surface area contributed by atoms with E-state index in [-0.39, 0.29) is 0 Å². The number of aromatic amines is 1. The third-order valence-electron chi connectivity index (χ3n) is 5.08. The zero-order valence-electron chi connectivity index (χ0n) is 13.7. The van der Waals surface area contributed by atoms with Crippen LogP contribution in [0.5, 0.6) is 0 Å². The Hall–Kier alpha value is -1.28. The maximum absolute atomic E-state index is 3.35. The molecule has 114 valence electrons. The smallest absolute Gasteiger partial charge is 0.0456 e. The largest absolute Gasteiger partial charge is 0.361 e. The Morgan fingerprint density at radius 1 is 1.19 bits per heavy atom. The molecule has 1 aliphatic rings. The molecule has 0 aliphatic heterocycles. The fraction of sp³-hybridized carbons (Fsp3) is 0.579. The van der Waals surface area contributed by atoms with Gasteiger partial charge in [-0.15, -0.1) is 0 Å². The normalized spacial score (nSPS) is 21.9. The Morgan fingerprint density at radius 3 is 2.67 bits per heavy atom. The molecule has 0 spiro atoms. The number of hydrogen-bond donors (Lipinski definition) is 1. The molecule has 21 heavy (non-hydrogen) atoms. The van der Waals surface area contributed by atoms with Crippen molar-refractivity contribution in [1.29, 1.82) is 0 Å². The van der Waals surface area contributed by atoms with Crippen molar-refractivity contribution in [2.45, 2.75) is 58.4 Å². The first kappa shape index (κ1) is 14.6. The van der Waals surface area contributed by atoms with Crippen molar-refractivity contribution in [3.8, 4) is 0 Å². The third kappa shape index (κ3) is 2.74. The number of nitrogens with one attached hydrogen (secondary N) is 1. The van der Waals surface area contributed by atoms with Crippen LogP contribution in [0.25, 0.3) is 10.9 Å². The molecular weight excluding hydrogens is 256 g/mol. The average molecular weight is 284 g/mol. The van der Waals surface area contributed by atoms with Crippen LogP contribution in [-0.4, -0.2) is 29.0 Å². The van der Waals surface area contributed by atoms with Crippen LogP contribution in [0.4, 0.5) is 0 Å². The first-order valence-corrected chi connectivity index (χ1v) is 8.58. The molecule has 1 aromatic heterocycles. The average Bonchev–Trinajstić information content (AvgIpc) is 2.93. The summed E-state index contributed by atoms with van der Waals surface area (Å²) in [6.07, 6.45) is 7.10. The summed E-state index contributed by atoms with van der Waals surface area (Å²) in [5.74, 6) is 0.645. The Bertz CT molecular complexity index is 593. The summed E-state index contributed by atoms with van der Waals surface area (Å²) in [4.78, 5) is 6.08. The van der Waals surface area contributed by atoms with Gasteiger partial charge >= 0.3 is 0 Å². The van der Waals surface area contributed by atoms with E-state index >= 15 is 0 Å². The van der Waals surface area contributed by atoms with Crippen LogP contribution in [0.3, 0.4) is 0 Å². The van der Waals surface area contributed by atoms with Crippen LogP contribution in [0, 0.1) is 0 Å². The SMILES string of the molecule is CCCN(CCC)[C@H]1CCc2cc3[nH]ccc3cc2[C@H]1C. The van der Waals surface area contributed by atoms with Gasteiger partial charge in [0, 0.05) is 17.8 Å². The van der Waals surface area contributed by atoms with E-state index in [0.29, 0.717) is 12.0 Å². The van der Waals surface area contributed by atoms with Crippen molar-refractivity contribution in [3.05, 3.63) is 35.5 Å². The molecule has 1 aliphatic carbocycles. The van der Waals surface area contributed by atoms with E-state index in [4.69, 9.17) is 0 Å². The molecule has 1 aromatic carbocycles. The lowest BCUT2D eigenvalue weighted by atomic mass is 9.79. The van der Waals surface area contributed by atoms with Crippen LogP contribution >= 0.6 is 0 Å². The second kappa shape index (κ2) is 6.23. The number of fused-ring (bicyclic) bond motifs is 2. The van der Waals surface area contributed by atoms with E-state index in [1.54, 1.807) is 11.1 Å². The Balaban J connectivity index is 1.91. The first-order chi connectivity index (χ1) is 10.2. The zero-order chi connectivity index (χ0) is 14.8. The lowest BCUT2D eigenvalue weighted by molar-refractivity contribution is 0.159. The number of benzene rings is 1. The molecule has 2 atom stereocenters. The van der Waals surface area contributed by atoms with Crippen molar-refractivity contribution < 1.29 is 0 Å². The highest BCUT2D eigenvalue weighted by Crippen LogP contribution is 2.36. The number of hydrogen-bond acceptors (Lipinski definition) is 1. The van der Waals surface area contributed by atoms with Gasteiger partial charge in [0.05, 0.1) is 0 Å². The summed E-state index contributed by atoms with van der Waals surface area (Å²) in [6, 6.07) is 7.71. The molecule has 2 aromatic rings. The van der Waals surface area contributed by atoms with E-state index in [0.717, 1.165) is 0 Å². The maximum atomic E-state index is 3.35. The molecule has 0 saturated carbocycles. The van der Waals surface area contributed by atoms with Crippen molar-refractivity contribution >= 4 is 10.9 Å². The van der Waals surface area contributed by atoms with Crippen LogP contribution in [-0.2, 0) is 6.42 Å². The molecule has 0 fully saturated rings. The second-order valence-corrected chi connectivity index (χ2v) is 6.55. The molecule has 2 nitrogen and oxygen atoms in total. The van der Waals surface area contributed by atoms with Gasteiger partial charge in [-0.05, 0) is 79.4 Å². The number of nitrogens with zero attached hydrogens (tertiary/aromatic N) is 1. The predicted molar refractivity (Wildman–Crippen MR) is 91.0 cm³/mol. The van der Waals surface area contributed by atoms with E-state index < -0.39 is 0 Å². The fourth-order valence-electron chi connectivity index (χ4n) is 4.08. The molecule has 0 bridgehead atoms. The highest BCUT2D eigenvalue weighted by molar-refractivity contribution is 5.81. The number of aryl methyl sites for hydroxylation is 1. The number of aromatic nitrogens is 1. The molecule has 0 unspecified atom stereocenters. The van der Waals surface area contributed by atoms with Crippen LogP contribution in [0.15, 0.2) is 24.4 Å². The van der Waals surface area contributed by atoms with E-state index in [1.165, 1.54) is 49.7 Å². The van der Waals surface area contributed by atoms with Crippen LogP contribution < -0.4 is 0 Å². The van der Waals surface area contributed by atoms with Gasteiger partial charge in [-0.3, -0.25) is 4.90 Å². The van der Waals surface area contributed by atoms with Gasteiger partial charge in [-0.1, -0.05) is 20.8 Å². The van der Waals surface area contributed by atoms with Gasteiger partial charge in [-0.2, -0.15) is 0 Å². The monoisotopic (exact) mass is 284 g/mol. The Morgan fingerprint density at radius 2 is 1.95 bits per heavy atom. The number of H-pyrrole nitrogens is 1. The summed E-state index contributed by atoms with van der Waals surface area (Å²) in [6.45, 7) is 9.51. The Labute approximate surface area is 128 Å². The van der Waals surface area contributed by atoms with Crippen molar-refractivity contribution in [1.82, 2.24) is 9.88 Å². The van der Waals surface area contributed by atoms with E-state index in [1.807, 2.05) is 0 Å². The van der Waals surface area contributed by atoms with Crippen LogP contribution in [0.2, 0.25) is 0 Å². The molecule has 1 N–H and O–H groups in total. The van der Waals surface area contributed by atoms with Gasteiger partial charge < -0.3 is 4.98 Å². The highest BCUT2D eigenvalue weighted by atomic mass is 15.2. The zero-order valence-corrected chi connectivity index (χ0v) is 13.7. The van der Waals surface area contributed by atoms with E-state index in [9.17, 15) is 0 Å². The Kier molecular flexibility index (Phi) is 4.34. The summed E-state index contributed by atoms with van der Waals surface area (Å²) in [5, 5.41) is 1.36. The number of rotatable bonds is 5. The summed E-state index contributed by atoms with van der Waals surface area (Å²) in [7, 11) is 0. The quantitative estimate of drug-likeness (QED) is 0.842. The maximum Gasteiger partial charge on any atom is 0.0456 e. The first-order valence-electron chi connectivity index (χ1n) is 8.58. The van der Waals surface area contributed by atoms with Gasteiger partial charge in [0.25, 0.3) is 0 Å². The predicted octanol–water partition coefficient (Wildman–Crippen LogP) is 4.71. The molecular formula is C19H28N2. The van der Waals surface area contributed by atoms with Crippen molar-refractivity contribution in [2.75, 3.05) is 13.1 Å². The summed E-state index contributed by atoms with van der Waals surface area (Å²) in [5.41, 5.74) is 4.43. The second-order valence-electron chi connectivity index (χ2n) is 6.55. The lowest BCUT2D eigenvalue weighted by Gasteiger charge is -2.39.